The molecule has 0 unspecified atom stereocenters. The fourth-order valence-electron chi connectivity index (χ4n) is 1.66. The van der Waals surface area contributed by atoms with Crippen LogP contribution < -0.4 is 4.74 Å². The molecule has 100 valence electrons. The Morgan fingerprint density at radius 1 is 1.53 bits per heavy atom. The molecule has 0 aliphatic carbocycles. The lowest BCUT2D eigenvalue weighted by atomic mass is 10.1. The zero-order valence-electron chi connectivity index (χ0n) is 10.6. The Labute approximate surface area is 115 Å². The number of nitrogens with zero attached hydrogens (tertiary/aromatic N) is 3. The molecule has 19 heavy (non-hydrogen) atoms. The summed E-state index contributed by atoms with van der Waals surface area (Å²) in [5, 5.41) is 6.92. The van der Waals surface area contributed by atoms with Gasteiger partial charge in [-0.15, -0.1) is 0 Å². The maximum absolute atomic E-state index is 12.3. The molecule has 0 bridgehead atoms. The van der Waals surface area contributed by atoms with Gasteiger partial charge in [-0.2, -0.15) is 5.10 Å². The molecule has 2 aromatic rings. The number of rotatable bonds is 4. The van der Waals surface area contributed by atoms with Crippen LogP contribution in [0, 0.1) is 0 Å². The number of nitrogens with one attached hydrogen (secondary N) is 1. The molecule has 0 atom stereocenters. The second-order valence-electron chi connectivity index (χ2n) is 3.94. The summed E-state index contributed by atoms with van der Waals surface area (Å²) in [4.78, 5) is 17.8. The molecule has 1 aromatic heterocycles. The van der Waals surface area contributed by atoms with Crippen LogP contribution >= 0.6 is 11.6 Å². The average Bonchev–Trinajstić information content (AvgIpc) is 2.90. The Morgan fingerprint density at radius 2 is 2.32 bits per heavy atom. The van der Waals surface area contributed by atoms with Crippen LogP contribution in [0.3, 0.4) is 0 Å². The lowest BCUT2D eigenvalue weighted by Crippen LogP contribution is -2.27. The number of aromatic amines is 1. The van der Waals surface area contributed by atoms with Crippen LogP contribution in [0.2, 0.25) is 5.02 Å². The maximum Gasteiger partial charge on any atom is 0.257 e. The first-order chi connectivity index (χ1) is 9.11. The molecule has 7 heteroatoms. The number of aromatic nitrogens is 3. The smallest absolute Gasteiger partial charge is 0.257 e. The predicted molar refractivity (Wildman–Crippen MR) is 70.2 cm³/mol. The lowest BCUT2D eigenvalue weighted by Gasteiger charge is -2.17. The van der Waals surface area contributed by atoms with E-state index in [9.17, 15) is 4.79 Å². The second-order valence-corrected chi connectivity index (χ2v) is 4.37. The Kier molecular flexibility index (Phi) is 4.01. The molecule has 0 saturated heterocycles. The van der Waals surface area contributed by atoms with Gasteiger partial charge in [0.05, 0.1) is 19.2 Å². The Balaban J connectivity index is 2.21. The van der Waals surface area contributed by atoms with Gasteiger partial charge in [0.2, 0.25) is 0 Å². The topological polar surface area (TPSA) is 71.1 Å². The number of hydrogen-bond donors (Lipinski definition) is 1. The number of ether oxygens (including phenoxy) is 1. The Bertz CT molecular complexity index is 571. The summed E-state index contributed by atoms with van der Waals surface area (Å²) in [6, 6.07) is 4.92. The van der Waals surface area contributed by atoms with Crippen LogP contribution in [0.4, 0.5) is 0 Å². The molecule has 1 heterocycles. The summed E-state index contributed by atoms with van der Waals surface area (Å²) in [5.74, 6) is 0.895. The van der Waals surface area contributed by atoms with E-state index in [1.54, 1.807) is 25.2 Å². The molecule has 6 nitrogen and oxygen atoms in total. The number of carbonyl (C=O) groups is 1. The zero-order chi connectivity index (χ0) is 13.8. The van der Waals surface area contributed by atoms with Crippen molar-refractivity contribution in [3.8, 4) is 5.75 Å². The minimum atomic E-state index is -0.198. The minimum Gasteiger partial charge on any atom is -0.496 e. The van der Waals surface area contributed by atoms with E-state index >= 15 is 0 Å². The van der Waals surface area contributed by atoms with Crippen molar-refractivity contribution in [2.45, 2.75) is 6.54 Å². The Morgan fingerprint density at radius 3 is 2.95 bits per heavy atom. The molecular weight excluding hydrogens is 268 g/mol. The summed E-state index contributed by atoms with van der Waals surface area (Å²) < 4.78 is 5.16. The summed E-state index contributed by atoms with van der Waals surface area (Å²) in [5.41, 5.74) is 0.414. The van der Waals surface area contributed by atoms with Crippen molar-refractivity contribution in [3.05, 3.63) is 40.9 Å². The van der Waals surface area contributed by atoms with Crippen molar-refractivity contribution >= 4 is 17.5 Å². The molecule has 0 spiro atoms. The fraction of sp³-hybridized carbons (Fsp3) is 0.250. The van der Waals surface area contributed by atoms with Crippen LogP contribution in [-0.2, 0) is 6.54 Å². The highest BCUT2D eigenvalue weighted by atomic mass is 35.5. The van der Waals surface area contributed by atoms with E-state index in [-0.39, 0.29) is 5.91 Å². The third-order valence-electron chi connectivity index (χ3n) is 2.59. The van der Waals surface area contributed by atoms with Gasteiger partial charge in [-0.25, -0.2) is 4.98 Å². The van der Waals surface area contributed by atoms with E-state index in [0.717, 1.165) is 0 Å². The molecule has 0 radical (unpaired) electrons. The van der Waals surface area contributed by atoms with Gasteiger partial charge in [-0.05, 0) is 18.2 Å². The normalized spacial score (nSPS) is 10.3. The summed E-state index contributed by atoms with van der Waals surface area (Å²) in [6.45, 7) is 0.328. The third-order valence-corrected chi connectivity index (χ3v) is 2.83. The minimum absolute atomic E-state index is 0.198. The van der Waals surface area contributed by atoms with Crippen molar-refractivity contribution in [2.24, 2.45) is 0 Å². The van der Waals surface area contributed by atoms with Gasteiger partial charge >= 0.3 is 0 Å². The van der Waals surface area contributed by atoms with E-state index in [0.29, 0.717) is 28.7 Å². The van der Waals surface area contributed by atoms with Gasteiger partial charge < -0.3 is 9.64 Å². The van der Waals surface area contributed by atoms with Gasteiger partial charge in [-0.1, -0.05) is 11.6 Å². The number of carbonyl (C=O) groups excluding carboxylic acids is 1. The van der Waals surface area contributed by atoms with Crippen LogP contribution in [0.25, 0.3) is 0 Å². The van der Waals surface area contributed by atoms with E-state index in [1.165, 1.54) is 18.3 Å². The predicted octanol–water partition coefficient (Wildman–Crippen LogP) is 1.74. The summed E-state index contributed by atoms with van der Waals surface area (Å²) in [6.07, 6.45) is 1.40. The third kappa shape index (κ3) is 3.03. The lowest BCUT2D eigenvalue weighted by molar-refractivity contribution is 0.0778. The Hall–Kier alpha value is -2.08. The van der Waals surface area contributed by atoms with Gasteiger partial charge in [0, 0.05) is 12.1 Å². The number of benzene rings is 1. The van der Waals surface area contributed by atoms with Crippen molar-refractivity contribution in [1.82, 2.24) is 20.1 Å². The molecule has 1 N–H and O–H groups in total. The van der Waals surface area contributed by atoms with Gasteiger partial charge in [0.25, 0.3) is 5.91 Å². The summed E-state index contributed by atoms with van der Waals surface area (Å²) >= 11 is 5.91. The standard InChI is InChI=1S/C12H13ClN4O2/c1-17(6-11-14-7-15-16-11)12(18)9-5-8(13)3-4-10(9)19-2/h3-5,7H,6H2,1-2H3,(H,14,15,16). The highest BCUT2D eigenvalue weighted by molar-refractivity contribution is 6.31. The van der Waals surface area contributed by atoms with Crippen LogP contribution in [0.1, 0.15) is 16.2 Å². The number of H-pyrrole nitrogens is 1. The van der Waals surface area contributed by atoms with Crippen molar-refractivity contribution in [1.29, 1.82) is 0 Å². The highest BCUT2D eigenvalue weighted by Gasteiger charge is 2.18. The number of halogens is 1. The van der Waals surface area contributed by atoms with Crippen molar-refractivity contribution in [2.75, 3.05) is 14.2 Å². The number of methoxy groups -OCH3 is 1. The molecule has 0 aliphatic rings. The van der Waals surface area contributed by atoms with Crippen molar-refractivity contribution < 1.29 is 9.53 Å². The van der Waals surface area contributed by atoms with Gasteiger partial charge in [-0.3, -0.25) is 9.89 Å². The molecule has 1 amide bonds. The molecule has 0 saturated carbocycles. The van der Waals surface area contributed by atoms with E-state index in [4.69, 9.17) is 16.3 Å². The maximum atomic E-state index is 12.3. The second kappa shape index (κ2) is 5.71. The van der Waals surface area contributed by atoms with Gasteiger partial charge in [0.1, 0.15) is 17.9 Å². The molecular formula is C12H13ClN4O2. The quantitative estimate of drug-likeness (QED) is 0.926. The number of hydrogen-bond acceptors (Lipinski definition) is 4. The van der Waals surface area contributed by atoms with Crippen molar-refractivity contribution in [3.63, 3.8) is 0 Å². The SMILES string of the molecule is COc1ccc(Cl)cc1C(=O)N(C)Cc1ncn[nH]1. The van der Waals surface area contributed by atoms with Crippen LogP contribution in [0.5, 0.6) is 5.75 Å². The monoisotopic (exact) mass is 280 g/mol. The molecule has 0 aliphatic heterocycles. The number of amides is 1. The zero-order valence-corrected chi connectivity index (χ0v) is 11.3. The van der Waals surface area contributed by atoms with E-state index in [1.807, 2.05) is 0 Å². The fourth-order valence-corrected chi connectivity index (χ4v) is 1.83. The first-order valence-electron chi connectivity index (χ1n) is 5.55. The van der Waals surface area contributed by atoms with Crippen LogP contribution in [-0.4, -0.2) is 40.1 Å². The van der Waals surface area contributed by atoms with Gasteiger partial charge in [0.15, 0.2) is 0 Å². The summed E-state index contributed by atoms with van der Waals surface area (Å²) in [7, 11) is 3.18. The van der Waals surface area contributed by atoms with Crippen LogP contribution in [0.15, 0.2) is 24.5 Å². The average molecular weight is 281 g/mol. The first-order valence-corrected chi connectivity index (χ1v) is 5.93. The first kappa shape index (κ1) is 13.4. The molecule has 2 rings (SSSR count). The van der Waals surface area contributed by atoms with E-state index < -0.39 is 0 Å². The van der Waals surface area contributed by atoms with E-state index in [2.05, 4.69) is 15.2 Å². The molecule has 1 aromatic carbocycles. The largest absolute Gasteiger partial charge is 0.496 e. The molecule has 0 fully saturated rings. The highest BCUT2D eigenvalue weighted by Crippen LogP contribution is 2.24.